The first-order valence-electron chi connectivity index (χ1n) is 11.2. The van der Waals surface area contributed by atoms with Gasteiger partial charge in [0.05, 0.1) is 0 Å². The maximum Gasteiger partial charge on any atom is 0.222 e. The second-order valence-corrected chi connectivity index (χ2v) is 8.27. The van der Waals surface area contributed by atoms with Crippen LogP contribution < -0.4 is 10.6 Å². The molecule has 3 rings (SSSR count). The highest BCUT2D eigenvalue weighted by Gasteiger charge is 2.21. The zero-order valence-corrected chi connectivity index (χ0v) is 20.9. The van der Waals surface area contributed by atoms with Crippen molar-refractivity contribution in [2.24, 2.45) is 4.99 Å². The lowest BCUT2D eigenvalue weighted by molar-refractivity contribution is -0.128. The van der Waals surface area contributed by atoms with Crippen molar-refractivity contribution in [2.45, 2.75) is 64.6 Å². The van der Waals surface area contributed by atoms with Gasteiger partial charge in [0, 0.05) is 52.2 Å². The average Bonchev–Trinajstić information content (AvgIpc) is 3.14. The SMILES string of the molecule is CN=C(NCCCN1CCCCC1C)NCc1ccccc1CN1CCCC1=O.I. The van der Waals surface area contributed by atoms with Gasteiger partial charge in [0.2, 0.25) is 5.91 Å². The number of guanidine groups is 1. The molecule has 2 heterocycles. The molecule has 1 unspecified atom stereocenters. The quantitative estimate of drug-likeness (QED) is 0.236. The van der Waals surface area contributed by atoms with Crippen LogP contribution in [0.2, 0.25) is 0 Å². The first kappa shape index (κ1) is 24.9. The van der Waals surface area contributed by atoms with Crippen LogP contribution in [-0.4, -0.2) is 60.9 Å². The van der Waals surface area contributed by atoms with Gasteiger partial charge in [0.1, 0.15) is 0 Å². The third kappa shape index (κ3) is 7.41. The molecule has 2 aliphatic rings. The fourth-order valence-corrected chi connectivity index (χ4v) is 4.34. The molecule has 2 saturated heterocycles. The Kier molecular flexibility index (Phi) is 10.9. The van der Waals surface area contributed by atoms with E-state index in [0.717, 1.165) is 44.5 Å². The molecule has 0 aromatic heterocycles. The summed E-state index contributed by atoms with van der Waals surface area (Å²) in [5.74, 6) is 1.11. The van der Waals surface area contributed by atoms with E-state index >= 15 is 0 Å². The summed E-state index contributed by atoms with van der Waals surface area (Å²) in [6, 6.07) is 9.09. The second kappa shape index (κ2) is 13.1. The number of aliphatic imine (C=N–C) groups is 1. The Morgan fingerprint density at radius 3 is 2.63 bits per heavy atom. The van der Waals surface area contributed by atoms with Gasteiger partial charge in [-0.15, -0.1) is 24.0 Å². The average molecular weight is 527 g/mol. The van der Waals surface area contributed by atoms with Crippen molar-refractivity contribution in [2.75, 3.05) is 33.2 Å². The number of hydrogen-bond acceptors (Lipinski definition) is 3. The van der Waals surface area contributed by atoms with Crippen LogP contribution in [-0.2, 0) is 17.9 Å². The van der Waals surface area contributed by atoms with Crippen molar-refractivity contribution in [3.63, 3.8) is 0 Å². The van der Waals surface area contributed by atoms with Gasteiger partial charge in [-0.1, -0.05) is 30.7 Å². The van der Waals surface area contributed by atoms with Crippen molar-refractivity contribution < 1.29 is 4.79 Å². The van der Waals surface area contributed by atoms with E-state index < -0.39 is 0 Å². The molecule has 2 N–H and O–H groups in total. The van der Waals surface area contributed by atoms with Crippen molar-refractivity contribution in [1.82, 2.24) is 20.4 Å². The van der Waals surface area contributed by atoms with E-state index in [9.17, 15) is 4.79 Å². The highest BCUT2D eigenvalue weighted by molar-refractivity contribution is 14.0. The Balaban J connectivity index is 0.00000320. The van der Waals surface area contributed by atoms with E-state index in [1.807, 2.05) is 18.0 Å². The first-order chi connectivity index (χ1) is 14.2. The van der Waals surface area contributed by atoms with Gasteiger partial charge < -0.3 is 20.4 Å². The predicted molar refractivity (Wildman–Crippen MR) is 134 cm³/mol. The molecule has 0 spiro atoms. The summed E-state index contributed by atoms with van der Waals surface area (Å²) in [6.45, 7) is 7.95. The summed E-state index contributed by atoms with van der Waals surface area (Å²) < 4.78 is 0. The number of nitrogens with zero attached hydrogens (tertiary/aromatic N) is 3. The number of carbonyl (C=O) groups excluding carboxylic acids is 1. The lowest BCUT2D eigenvalue weighted by Crippen LogP contribution is -2.41. The molecule has 1 atom stereocenters. The molecule has 2 aliphatic heterocycles. The Labute approximate surface area is 198 Å². The molecule has 0 radical (unpaired) electrons. The Hall–Kier alpha value is -1.35. The highest BCUT2D eigenvalue weighted by atomic mass is 127. The summed E-state index contributed by atoms with van der Waals surface area (Å²) >= 11 is 0. The van der Waals surface area contributed by atoms with Crippen molar-refractivity contribution in [3.8, 4) is 0 Å². The summed E-state index contributed by atoms with van der Waals surface area (Å²) in [5, 5.41) is 6.87. The first-order valence-corrected chi connectivity index (χ1v) is 11.2. The van der Waals surface area contributed by atoms with Crippen LogP contribution in [0, 0.1) is 0 Å². The van der Waals surface area contributed by atoms with Crippen LogP contribution in [0.25, 0.3) is 0 Å². The van der Waals surface area contributed by atoms with Gasteiger partial charge in [-0.05, 0) is 50.3 Å². The number of piperidine rings is 1. The van der Waals surface area contributed by atoms with Crippen LogP contribution in [0.15, 0.2) is 29.3 Å². The van der Waals surface area contributed by atoms with Crippen molar-refractivity contribution >= 4 is 35.8 Å². The number of likely N-dealkylation sites (tertiary alicyclic amines) is 2. The number of amides is 1. The largest absolute Gasteiger partial charge is 0.356 e. The van der Waals surface area contributed by atoms with Gasteiger partial charge in [0.15, 0.2) is 5.96 Å². The smallest absolute Gasteiger partial charge is 0.222 e. The molecule has 0 saturated carbocycles. The van der Waals surface area contributed by atoms with Gasteiger partial charge in [0.25, 0.3) is 0 Å². The monoisotopic (exact) mass is 527 g/mol. The van der Waals surface area contributed by atoms with E-state index in [1.54, 1.807) is 0 Å². The molecule has 1 aromatic carbocycles. The number of carbonyl (C=O) groups is 1. The molecule has 1 amide bonds. The summed E-state index contributed by atoms with van der Waals surface area (Å²) in [6.07, 6.45) is 6.83. The minimum atomic E-state index is 0. The lowest BCUT2D eigenvalue weighted by atomic mass is 10.0. The van der Waals surface area contributed by atoms with Gasteiger partial charge in [-0.3, -0.25) is 9.79 Å². The molecular weight excluding hydrogens is 489 g/mol. The molecule has 0 bridgehead atoms. The molecular formula is C23H38IN5O. The lowest BCUT2D eigenvalue weighted by Gasteiger charge is -2.33. The van der Waals surface area contributed by atoms with Crippen LogP contribution in [0.1, 0.15) is 56.6 Å². The molecule has 6 nitrogen and oxygen atoms in total. The number of rotatable bonds is 8. The number of benzene rings is 1. The predicted octanol–water partition coefficient (Wildman–Crippen LogP) is 3.36. The maximum atomic E-state index is 12.0. The zero-order chi connectivity index (χ0) is 20.5. The highest BCUT2D eigenvalue weighted by Crippen LogP contribution is 2.17. The summed E-state index contributed by atoms with van der Waals surface area (Å²) in [5.41, 5.74) is 2.43. The van der Waals surface area contributed by atoms with E-state index in [0.29, 0.717) is 19.5 Å². The third-order valence-corrected chi connectivity index (χ3v) is 6.18. The van der Waals surface area contributed by atoms with Crippen LogP contribution >= 0.6 is 24.0 Å². The summed E-state index contributed by atoms with van der Waals surface area (Å²) in [7, 11) is 1.82. The normalized spacial score (nSPS) is 20.2. The van der Waals surface area contributed by atoms with Gasteiger partial charge >= 0.3 is 0 Å². The fraction of sp³-hybridized carbons (Fsp3) is 0.652. The maximum absolute atomic E-state index is 12.0. The molecule has 2 fully saturated rings. The molecule has 0 aliphatic carbocycles. The van der Waals surface area contributed by atoms with Gasteiger partial charge in [-0.2, -0.15) is 0 Å². The van der Waals surface area contributed by atoms with E-state index in [4.69, 9.17) is 0 Å². The third-order valence-electron chi connectivity index (χ3n) is 6.18. The Morgan fingerprint density at radius 1 is 1.13 bits per heavy atom. The van der Waals surface area contributed by atoms with E-state index in [1.165, 1.54) is 36.9 Å². The Morgan fingerprint density at radius 2 is 1.93 bits per heavy atom. The Bertz CT molecular complexity index is 696. The minimum absolute atomic E-state index is 0. The standard InChI is InChI=1S/C23H37N5O.HI/c1-19-9-5-6-14-27(19)16-8-13-25-23(24-2)26-17-20-10-3-4-11-21(20)18-28-15-7-12-22(28)29;/h3-4,10-11,19H,5-9,12-18H2,1-2H3,(H2,24,25,26);1H. The topological polar surface area (TPSA) is 60.0 Å². The van der Waals surface area contributed by atoms with Crippen LogP contribution in [0.5, 0.6) is 0 Å². The molecule has 30 heavy (non-hydrogen) atoms. The van der Waals surface area contributed by atoms with Crippen LogP contribution in [0.4, 0.5) is 0 Å². The number of nitrogens with one attached hydrogen (secondary N) is 2. The van der Waals surface area contributed by atoms with Gasteiger partial charge in [-0.25, -0.2) is 0 Å². The van der Waals surface area contributed by atoms with E-state index in [-0.39, 0.29) is 29.9 Å². The minimum Gasteiger partial charge on any atom is -0.356 e. The fourth-order valence-electron chi connectivity index (χ4n) is 4.34. The number of hydrogen-bond donors (Lipinski definition) is 2. The molecule has 168 valence electrons. The van der Waals surface area contributed by atoms with Crippen molar-refractivity contribution in [3.05, 3.63) is 35.4 Å². The van der Waals surface area contributed by atoms with Crippen LogP contribution in [0.3, 0.4) is 0 Å². The van der Waals surface area contributed by atoms with Crippen molar-refractivity contribution in [1.29, 1.82) is 0 Å². The number of halogens is 1. The zero-order valence-electron chi connectivity index (χ0n) is 18.5. The molecule has 7 heteroatoms. The van der Waals surface area contributed by atoms with E-state index in [2.05, 4.69) is 45.6 Å². The molecule has 1 aromatic rings. The summed E-state index contributed by atoms with van der Waals surface area (Å²) in [4.78, 5) is 20.9. The second-order valence-electron chi connectivity index (χ2n) is 8.27.